The van der Waals surface area contributed by atoms with Gasteiger partial charge in [-0.1, -0.05) is 17.7 Å². The molecule has 1 aromatic carbocycles. The highest BCUT2D eigenvalue weighted by molar-refractivity contribution is 6.33. The molecule has 3 nitrogen and oxygen atoms in total. The predicted molar refractivity (Wildman–Crippen MR) is 61.6 cm³/mol. The summed E-state index contributed by atoms with van der Waals surface area (Å²) in [6, 6.07) is 2.75. The van der Waals surface area contributed by atoms with Gasteiger partial charge in [0.25, 0.3) is 0 Å². The van der Waals surface area contributed by atoms with E-state index in [4.69, 9.17) is 11.6 Å². The van der Waals surface area contributed by atoms with Crippen molar-refractivity contribution in [1.29, 1.82) is 0 Å². The van der Waals surface area contributed by atoms with E-state index in [0.29, 0.717) is 0 Å². The number of urea groups is 1. The number of para-hydroxylation sites is 1. The molecule has 0 spiro atoms. The molecule has 0 atom stereocenters. The zero-order chi connectivity index (χ0) is 13.3. The Labute approximate surface area is 106 Å². The van der Waals surface area contributed by atoms with Crippen LogP contribution >= 0.6 is 11.6 Å². The fourth-order valence-electron chi connectivity index (χ4n) is 1.45. The van der Waals surface area contributed by atoms with Crippen molar-refractivity contribution < 1.29 is 18.0 Å². The van der Waals surface area contributed by atoms with Gasteiger partial charge in [0.1, 0.15) is 0 Å². The van der Waals surface area contributed by atoms with Gasteiger partial charge in [-0.2, -0.15) is 13.2 Å². The number of anilines is 1. The summed E-state index contributed by atoms with van der Waals surface area (Å²) in [5, 5.41) is 4.54. The van der Waals surface area contributed by atoms with Crippen LogP contribution in [0.15, 0.2) is 18.2 Å². The molecule has 1 fully saturated rings. The second-order valence-electron chi connectivity index (χ2n) is 4.03. The molecule has 0 aromatic heterocycles. The van der Waals surface area contributed by atoms with E-state index in [9.17, 15) is 18.0 Å². The quantitative estimate of drug-likeness (QED) is 0.852. The van der Waals surface area contributed by atoms with Crippen molar-refractivity contribution in [2.24, 2.45) is 0 Å². The van der Waals surface area contributed by atoms with Crippen LogP contribution in [-0.2, 0) is 6.18 Å². The Bertz CT molecular complexity index is 472. The van der Waals surface area contributed by atoms with Crippen molar-refractivity contribution in [3.8, 4) is 0 Å². The summed E-state index contributed by atoms with van der Waals surface area (Å²) in [6.07, 6.45) is -2.86. The number of alkyl halides is 3. The molecule has 1 aromatic rings. The van der Waals surface area contributed by atoms with Crippen molar-refractivity contribution in [2.75, 3.05) is 5.32 Å². The molecule has 1 aliphatic carbocycles. The second-order valence-corrected chi connectivity index (χ2v) is 4.44. The SMILES string of the molecule is O=C(Nc1c(Cl)cccc1C(F)(F)F)NC1CC1. The summed E-state index contributed by atoms with van der Waals surface area (Å²) < 4.78 is 38.2. The molecule has 0 unspecified atom stereocenters. The Morgan fingerprint density at radius 1 is 1.33 bits per heavy atom. The molecule has 2 N–H and O–H groups in total. The van der Waals surface area contributed by atoms with E-state index < -0.39 is 23.5 Å². The fourth-order valence-corrected chi connectivity index (χ4v) is 1.67. The number of hydrogen-bond acceptors (Lipinski definition) is 1. The van der Waals surface area contributed by atoms with Crippen LogP contribution in [-0.4, -0.2) is 12.1 Å². The molecule has 0 saturated heterocycles. The number of rotatable bonds is 2. The van der Waals surface area contributed by atoms with Crippen LogP contribution in [0.5, 0.6) is 0 Å². The topological polar surface area (TPSA) is 41.1 Å². The lowest BCUT2D eigenvalue weighted by Gasteiger charge is -2.15. The Morgan fingerprint density at radius 2 is 2.00 bits per heavy atom. The summed E-state index contributed by atoms with van der Waals surface area (Å²) in [5.41, 5.74) is -1.37. The Kier molecular flexibility index (Phi) is 3.38. The Morgan fingerprint density at radius 3 is 2.56 bits per heavy atom. The predicted octanol–water partition coefficient (Wildman–Crippen LogP) is 3.64. The van der Waals surface area contributed by atoms with Crippen LogP contribution in [0.1, 0.15) is 18.4 Å². The van der Waals surface area contributed by atoms with Crippen LogP contribution < -0.4 is 10.6 Å². The first-order chi connectivity index (χ1) is 8.38. The lowest BCUT2D eigenvalue weighted by molar-refractivity contribution is -0.136. The van der Waals surface area contributed by atoms with Gasteiger partial charge in [-0.25, -0.2) is 4.79 Å². The van der Waals surface area contributed by atoms with Crippen molar-refractivity contribution in [3.63, 3.8) is 0 Å². The molecule has 2 amide bonds. The van der Waals surface area contributed by atoms with Crippen molar-refractivity contribution in [3.05, 3.63) is 28.8 Å². The van der Waals surface area contributed by atoms with Crippen LogP contribution in [0.25, 0.3) is 0 Å². The van der Waals surface area contributed by atoms with E-state index in [0.717, 1.165) is 18.9 Å². The molecular weight excluding hydrogens is 269 g/mol. The van der Waals surface area contributed by atoms with Gasteiger partial charge in [-0.05, 0) is 25.0 Å². The minimum atomic E-state index is -4.56. The summed E-state index contributed by atoms with van der Waals surface area (Å²) in [4.78, 5) is 11.4. The van der Waals surface area contributed by atoms with E-state index in [1.165, 1.54) is 12.1 Å². The number of halogens is 4. The molecule has 0 heterocycles. The summed E-state index contributed by atoms with van der Waals surface area (Å²) in [5.74, 6) is 0. The Hall–Kier alpha value is -1.43. The number of amides is 2. The van der Waals surface area contributed by atoms with E-state index in [-0.39, 0.29) is 11.1 Å². The molecular formula is C11H10ClF3N2O. The largest absolute Gasteiger partial charge is 0.418 e. The lowest BCUT2D eigenvalue weighted by atomic mass is 10.1. The maximum absolute atomic E-state index is 12.7. The number of hydrogen-bond donors (Lipinski definition) is 2. The van der Waals surface area contributed by atoms with Gasteiger partial charge >= 0.3 is 12.2 Å². The number of nitrogens with one attached hydrogen (secondary N) is 2. The zero-order valence-corrected chi connectivity index (χ0v) is 9.90. The summed E-state index contributed by atoms with van der Waals surface area (Å²) >= 11 is 5.69. The second kappa shape index (κ2) is 4.68. The van der Waals surface area contributed by atoms with E-state index in [1.807, 2.05) is 0 Å². The molecule has 2 rings (SSSR count). The van der Waals surface area contributed by atoms with Crippen LogP contribution in [0.2, 0.25) is 5.02 Å². The number of carbonyl (C=O) groups is 1. The van der Waals surface area contributed by atoms with Crippen molar-refractivity contribution in [1.82, 2.24) is 5.32 Å². The van der Waals surface area contributed by atoms with Crippen molar-refractivity contribution >= 4 is 23.3 Å². The summed E-state index contributed by atoms with van der Waals surface area (Å²) in [7, 11) is 0. The van der Waals surface area contributed by atoms with Gasteiger partial charge in [-0.3, -0.25) is 0 Å². The van der Waals surface area contributed by atoms with Crippen LogP contribution in [0.3, 0.4) is 0 Å². The lowest BCUT2D eigenvalue weighted by Crippen LogP contribution is -2.31. The standard InChI is InChI=1S/C11H10ClF3N2O/c12-8-3-1-2-7(11(13,14)15)9(8)17-10(18)16-6-4-5-6/h1-3,6H,4-5H2,(H2,16,17,18). The van der Waals surface area contributed by atoms with Gasteiger partial charge in [0.05, 0.1) is 16.3 Å². The number of benzene rings is 1. The maximum Gasteiger partial charge on any atom is 0.418 e. The van der Waals surface area contributed by atoms with Gasteiger partial charge in [0.15, 0.2) is 0 Å². The highest BCUT2D eigenvalue weighted by Gasteiger charge is 2.35. The first-order valence-corrected chi connectivity index (χ1v) is 5.69. The normalized spacial score (nSPS) is 15.3. The van der Waals surface area contributed by atoms with Crippen LogP contribution in [0.4, 0.5) is 23.7 Å². The number of carbonyl (C=O) groups excluding carboxylic acids is 1. The molecule has 0 aliphatic heterocycles. The minimum Gasteiger partial charge on any atom is -0.335 e. The van der Waals surface area contributed by atoms with Crippen LogP contribution in [0, 0.1) is 0 Å². The summed E-state index contributed by atoms with van der Waals surface area (Å²) in [6.45, 7) is 0. The van der Waals surface area contributed by atoms with E-state index in [1.54, 1.807) is 0 Å². The van der Waals surface area contributed by atoms with Gasteiger partial charge < -0.3 is 10.6 Å². The molecule has 18 heavy (non-hydrogen) atoms. The average Bonchev–Trinajstić information content (AvgIpc) is 3.03. The third-order valence-corrected chi connectivity index (χ3v) is 2.79. The smallest absolute Gasteiger partial charge is 0.335 e. The first-order valence-electron chi connectivity index (χ1n) is 5.31. The third-order valence-electron chi connectivity index (χ3n) is 2.47. The molecule has 0 bridgehead atoms. The Balaban J connectivity index is 2.21. The average molecular weight is 279 g/mol. The molecule has 1 saturated carbocycles. The highest BCUT2D eigenvalue weighted by Crippen LogP contribution is 2.38. The first kappa shape index (κ1) is 13.0. The van der Waals surface area contributed by atoms with Gasteiger partial charge in [0, 0.05) is 6.04 Å². The van der Waals surface area contributed by atoms with E-state index in [2.05, 4.69) is 10.6 Å². The molecule has 1 aliphatic rings. The molecule has 0 radical (unpaired) electrons. The van der Waals surface area contributed by atoms with Crippen molar-refractivity contribution in [2.45, 2.75) is 25.1 Å². The molecule has 7 heteroatoms. The van der Waals surface area contributed by atoms with Gasteiger partial charge in [0.2, 0.25) is 0 Å². The van der Waals surface area contributed by atoms with E-state index >= 15 is 0 Å². The maximum atomic E-state index is 12.7. The molecule has 98 valence electrons. The third kappa shape index (κ3) is 3.07. The van der Waals surface area contributed by atoms with Gasteiger partial charge in [-0.15, -0.1) is 0 Å². The highest BCUT2D eigenvalue weighted by atomic mass is 35.5. The zero-order valence-electron chi connectivity index (χ0n) is 9.14. The minimum absolute atomic E-state index is 0.0572. The monoisotopic (exact) mass is 278 g/mol. The fraction of sp³-hybridized carbons (Fsp3) is 0.364.